The first-order valence-electron chi connectivity index (χ1n) is 11.9. The highest BCUT2D eigenvalue weighted by Gasteiger charge is 2.31. The molecule has 2 aliphatic rings. The molecule has 5 rings (SSSR count). The van der Waals surface area contributed by atoms with Crippen LogP contribution >= 0.6 is 34.5 Å². The van der Waals surface area contributed by atoms with Crippen molar-refractivity contribution < 1.29 is 14.7 Å². The molecule has 3 heterocycles. The fraction of sp³-hybridized carbons (Fsp3) is 0.333. The molecule has 1 amide bonds. The lowest BCUT2D eigenvalue weighted by atomic mass is 9.95. The molecular weight excluding hydrogens is 517 g/mol. The minimum atomic E-state index is -1.13. The maximum atomic E-state index is 13.0. The van der Waals surface area contributed by atoms with Crippen LogP contribution in [0.4, 0.5) is 0 Å². The van der Waals surface area contributed by atoms with Gasteiger partial charge in [-0.05, 0) is 56.0 Å². The summed E-state index contributed by atoms with van der Waals surface area (Å²) in [4.78, 5) is 25.3. The molecule has 2 aliphatic heterocycles. The van der Waals surface area contributed by atoms with Crippen molar-refractivity contribution in [3.8, 4) is 0 Å². The highest BCUT2D eigenvalue weighted by atomic mass is 35.5. The fourth-order valence-corrected chi connectivity index (χ4v) is 6.32. The number of hydrogen-bond donors (Lipinski definition) is 2. The van der Waals surface area contributed by atoms with Crippen molar-refractivity contribution in [3.05, 3.63) is 90.9 Å². The Morgan fingerprint density at radius 3 is 2.64 bits per heavy atom. The van der Waals surface area contributed by atoms with Crippen molar-refractivity contribution in [3.63, 3.8) is 0 Å². The summed E-state index contributed by atoms with van der Waals surface area (Å²) in [7, 11) is 0. The second-order valence-corrected chi connectivity index (χ2v) is 11.0. The summed E-state index contributed by atoms with van der Waals surface area (Å²) < 4.78 is 0. The molecule has 2 aromatic carbocycles. The Hall–Kier alpha value is -2.42. The van der Waals surface area contributed by atoms with Gasteiger partial charge in [0.15, 0.2) is 6.10 Å². The Balaban J connectivity index is 1.22. The average Bonchev–Trinajstić information content (AvgIpc) is 3.55. The topological polar surface area (TPSA) is 74.7 Å². The van der Waals surface area contributed by atoms with E-state index in [0.717, 1.165) is 45.9 Å². The molecule has 1 saturated heterocycles. The predicted octanol–water partition coefficient (Wildman–Crippen LogP) is 6.12. The van der Waals surface area contributed by atoms with Gasteiger partial charge in [0, 0.05) is 40.0 Å². The van der Waals surface area contributed by atoms with E-state index in [-0.39, 0.29) is 11.8 Å². The van der Waals surface area contributed by atoms with Gasteiger partial charge in [-0.3, -0.25) is 15.1 Å². The molecule has 188 valence electrons. The molecule has 1 aromatic heterocycles. The number of hydroxylamine groups is 1. The van der Waals surface area contributed by atoms with Crippen LogP contribution in [-0.2, 0) is 9.63 Å². The largest absolute Gasteiger partial charge is 0.378 e. The van der Waals surface area contributed by atoms with Crippen molar-refractivity contribution in [1.29, 1.82) is 0 Å². The molecule has 36 heavy (non-hydrogen) atoms. The zero-order valence-corrected chi connectivity index (χ0v) is 22.3. The highest BCUT2D eigenvalue weighted by molar-refractivity contribution is 7.09. The summed E-state index contributed by atoms with van der Waals surface area (Å²) >= 11 is 14.3. The van der Waals surface area contributed by atoms with Crippen LogP contribution < -0.4 is 5.48 Å². The number of hydrogen-bond acceptors (Lipinski definition) is 6. The number of aromatic nitrogens is 1. The minimum absolute atomic E-state index is 0.233. The molecule has 3 aromatic rings. The molecule has 0 saturated carbocycles. The van der Waals surface area contributed by atoms with Gasteiger partial charge in [0.05, 0.1) is 16.4 Å². The Morgan fingerprint density at radius 2 is 1.92 bits per heavy atom. The summed E-state index contributed by atoms with van der Waals surface area (Å²) in [5.74, 6) is 0.0334. The highest BCUT2D eigenvalue weighted by Crippen LogP contribution is 2.38. The van der Waals surface area contributed by atoms with Crippen LogP contribution in [0.5, 0.6) is 0 Å². The Kier molecular flexibility index (Phi) is 7.37. The number of carbonyl (C=O) groups is 1. The van der Waals surface area contributed by atoms with E-state index in [1.165, 1.54) is 0 Å². The predicted molar refractivity (Wildman–Crippen MR) is 143 cm³/mol. The summed E-state index contributed by atoms with van der Waals surface area (Å²) in [6.45, 7) is 5.07. The molecule has 2 N–H and O–H groups in total. The number of halogens is 2. The van der Waals surface area contributed by atoms with Crippen molar-refractivity contribution >= 4 is 46.1 Å². The van der Waals surface area contributed by atoms with Crippen LogP contribution in [0.25, 0.3) is 5.70 Å². The number of likely N-dealkylation sites (tertiary alicyclic amines) is 1. The molecule has 9 heteroatoms. The maximum Gasteiger partial charge on any atom is 0.256 e. The Morgan fingerprint density at radius 1 is 1.19 bits per heavy atom. The van der Waals surface area contributed by atoms with Crippen LogP contribution in [0.15, 0.2) is 47.9 Å². The third kappa shape index (κ3) is 5.04. The number of piperidine rings is 1. The van der Waals surface area contributed by atoms with Gasteiger partial charge >= 0.3 is 0 Å². The van der Waals surface area contributed by atoms with E-state index in [9.17, 15) is 9.90 Å². The normalized spacial score (nSPS) is 19.2. The lowest BCUT2D eigenvalue weighted by Crippen LogP contribution is -2.40. The van der Waals surface area contributed by atoms with Gasteiger partial charge in [-0.2, -0.15) is 0 Å². The van der Waals surface area contributed by atoms with E-state index in [1.54, 1.807) is 34.4 Å². The Labute approximate surface area is 224 Å². The van der Waals surface area contributed by atoms with E-state index in [2.05, 4.69) is 5.48 Å². The first kappa shape index (κ1) is 25.2. The SMILES string of the molecule is Cc1ccc(C)c(C(O)C(=O)N2CCC(c3nc(C4=CC(c5c(Cl)cccc5Cl)ON4)cs3)CC2)c1. The monoisotopic (exact) mass is 543 g/mol. The van der Waals surface area contributed by atoms with Crippen molar-refractivity contribution in [2.24, 2.45) is 0 Å². The quantitative estimate of drug-likeness (QED) is 0.405. The van der Waals surface area contributed by atoms with E-state index in [0.29, 0.717) is 28.7 Å². The number of nitrogens with zero attached hydrogens (tertiary/aromatic N) is 2. The molecule has 2 unspecified atom stereocenters. The van der Waals surface area contributed by atoms with E-state index >= 15 is 0 Å². The average molecular weight is 545 g/mol. The lowest BCUT2D eigenvalue weighted by Gasteiger charge is -2.32. The van der Waals surface area contributed by atoms with Crippen molar-refractivity contribution in [1.82, 2.24) is 15.4 Å². The molecule has 0 aliphatic carbocycles. The van der Waals surface area contributed by atoms with Gasteiger partial charge in [-0.1, -0.05) is 53.0 Å². The second kappa shape index (κ2) is 10.5. The number of carbonyl (C=O) groups excluding carboxylic acids is 1. The lowest BCUT2D eigenvalue weighted by molar-refractivity contribution is -0.141. The summed E-state index contributed by atoms with van der Waals surface area (Å²) in [5, 5.41) is 14.9. The first-order valence-corrected chi connectivity index (χ1v) is 13.5. The van der Waals surface area contributed by atoms with Crippen LogP contribution in [0.3, 0.4) is 0 Å². The minimum Gasteiger partial charge on any atom is -0.378 e. The smallest absolute Gasteiger partial charge is 0.256 e. The van der Waals surface area contributed by atoms with Crippen molar-refractivity contribution in [2.75, 3.05) is 13.1 Å². The summed E-state index contributed by atoms with van der Waals surface area (Å²) in [6, 6.07) is 11.2. The molecular formula is C27H27Cl2N3O3S. The van der Waals surface area contributed by atoms with Crippen LogP contribution in [0, 0.1) is 13.8 Å². The molecule has 6 nitrogen and oxygen atoms in total. The van der Waals surface area contributed by atoms with E-state index in [4.69, 9.17) is 33.0 Å². The number of nitrogens with one attached hydrogen (secondary N) is 1. The van der Waals surface area contributed by atoms with Gasteiger partial charge in [0.1, 0.15) is 6.10 Å². The number of aliphatic hydroxyl groups is 1. The van der Waals surface area contributed by atoms with E-state index < -0.39 is 12.2 Å². The Bertz CT molecular complexity index is 1300. The zero-order chi connectivity index (χ0) is 25.4. The van der Waals surface area contributed by atoms with Crippen LogP contribution in [0.2, 0.25) is 10.0 Å². The molecule has 0 bridgehead atoms. The van der Waals surface area contributed by atoms with Crippen LogP contribution in [0.1, 0.15) is 63.9 Å². The standard InChI is InChI=1S/C27H27Cl2N3O3S/c1-15-6-7-16(2)18(12-15)25(33)27(34)32-10-8-17(9-11-32)26-30-22(14-36-26)21-13-23(35-31-21)24-19(28)4-3-5-20(24)29/h3-7,12-14,17,23,25,31,33H,8-11H2,1-2H3. The van der Waals surface area contributed by atoms with Gasteiger partial charge < -0.3 is 10.0 Å². The van der Waals surface area contributed by atoms with E-state index in [1.807, 2.05) is 43.5 Å². The fourth-order valence-electron chi connectivity index (χ4n) is 4.71. The van der Waals surface area contributed by atoms with Gasteiger partial charge in [0.2, 0.25) is 0 Å². The molecule has 2 atom stereocenters. The molecule has 0 spiro atoms. The zero-order valence-electron chi connectivity index (χ0n) is 20.0. The van der Waals surface area contributed by atoms with Gasteiger partial charge in [-0.15, -0.1) is 11.3 Å². The third-order valence-electron chi connectivity index (χ3n) is 6.82. The number of aliphatic hydroxyl groups excluding tert-OH is 1. The first-order chi connectivity index (χ1) is 17.3. The molecule has 0 radical (unpaired) electrons. The van der Waals surface area contributed by atoms with Gasteiger partial charge in [-0.25, -0.2) is 4.98 Å². The van der Waals surface area contributed by atoms with Crippen LogP contribution in [-0.4, -0.2) is 34.0 Å². The third-order valence-corrected chi connectivity index (χ3v) is 8.48. The maximum absolute atomic E-state index is 13.0. The van der Waals surface area contributed by atoms with Gasteiger partial charge in [0.25, 0.3) is 5.91 Å². The number of amides is 1. The second-order valence-electron chi connectivity index (χ2n) is 9.29. The number of thiazole rings is 1. The van der Waals surface area contributed by atoms with Crippen molar-refractivity contribution in [2.45, 2.75) is 44.8 Å². The number of rotatable bonds is 5. The number of benzene rings is 2. The number of aryl methyl sites for hydroxylation is 2. The summed E-state index contributed by atoms with van der Waals surface area (Å²) in [5.41, 5.74) is 7.90. The summed E-state index contributed by atoms with van der Waals surface area (Å²) in [6.07, 6.45) is 2.01. The molecule has 1 fully saturated rings.